The van der Waals surface area contributed by atoms with Gasteiger partial charge in [0.05, 0.1) is 17.1 Å². The van der Waals surface area contributed by atoms with Crippen molar-refractivity contribution in [2.45, 2.75) is 25.6 Å². The second-order valence-electron chi connectivity index (χ2n) is 9.17. The number of hydrazone groups is 1. The van der Waals surface area contributed by atoms with E-state index >= 15 is 0 Å². The van der Waals surface area contributed by atoms with Crippen LogP contribution in [0, 0.1) is 6.92 Å². The zero-order chi connectivity index (χ0) is 23.4. The molecule has 7 rings (SSSR count). The van der Waals surface area contributed by atoms with Gasteiger partial charge in [0.25, 0.3) is 0 Å². The summed E-state index contributed by atoms with van der Waals surface area (Å²) in [6.07, 6.45) is 0.492. The van der Waals surface area contributed by atoms with Crippen molar-refractivity contribution in [3.63, 3.8) is 0 Å². The Hall–Kier alpha value is -4.38. The maximum Gasteiger partial charge on any atom is 0.213 e. The molecule has 0 radical (unpaired) electrons. The molecule has 0 amide bonds. The van der Waals surface area contributed by atoms with E-state index in [2.05, 4.69) is 96.0 Å². The first-order chi connectivity index (χ1) is 17.2. The van der Waals surface area contributed by atoms with Crippen LogP contribution in [-0.4, -0.2) is 15.9 Å². The molecule has 5 aromatic rings. The first kappa shape index (κ1) is 20.0. The van der Waals surface area contributed by atoms with Gasteiger partial charge in [0.15, 0.2) is 5.76 Å². The molecule has 0 saturated carbocycles. The highest BCUT2D eigenvalue weighted by molar-refractivity contribution is 6.02. The smallest absolute Gasteiger partial charge is 0.213 e. The summed E-state index contributed by atoms with van der Waals surface area (Å²) >= 11 is 0. The number of hydrogen-bond acceptors (Lipinski definition) is 5. The topological polar surface area (TPSA) is 50.9 Å². The van der Waals surface area contributed by atoms with Crippen LogP contribution in [0.3, 0.4) is 0 Å². The quantitative estimate of drug-likeness (QED) is 0.291. The summed E-state index contributed by atoms with van der Waals surface area (Å²) < 4.78 is 12.3. The van der Waals surface area contributed by atoms with E-state index in [1.807, 2.05) is 18.2 Å². The summed E-state index contributed by atoms with van der Waals surface area (Å²) in [7, 11) is 0. The molecule has 0 aliphatic carbocycles. The van der Waals surface area contributed by atoms with Crippen LogP contribution in [0.2, 0.25) is 0 Å². The average Bonchev–Trinajstić information content (AvgIpc) is 3.54. The lowest BCUT2D eigenvalue weighted by Gasteiger charge is -2.38. The van der Waals surface area contributed by atoms with Crippen LogP contribution in [-0.2, 0) is 0 Å². The number of hydrogen-bond donors (Lipinski definition) is 0. The van der Waals surface area contributed by atoms with Gasteiger partial charge in [-0.15, -0.1) is 0 Å². The summed E-state index contributed by atoms with van der Waals surface area (Å²) in [5.74, 6) is 1.68. The first-order valence-electron chi connectivity index (χ1n) is 11.9. The maximum absolute atomic E-state index is 6.57. The van der Waals surface area contributed by atoms with Gasteiger partial charge in [0.1, 0.15) is 11.3 Å². The largest absolute Gasteiger partial charge is 0.464 e. The van der Waals surface area contributed by atoms with Crippen LogP contribution in [0.1, 0.15) is 40.9 Å². The molecular weight excluding hydrogens is 434 g/mol. The van der Waals surface area contributed by atoms with Crippen molar-refractivity contribution in [1.82, 2.24) is 10.2 Å². The van der Waals surface area contributed by atoms with Crippen molar-refractivity contribution in [2.24, 2.45) is 5.10 Å². The van der Waals surface area contributed by atoms with E-state index < -0.39 is 0 Å². The van der Waals surface area contributed by atoms with E-state index in [-0.39, 0.29) is 12.3 Å². The predicted octanol–water partition coefficient (Wildman–Crippen LogP) is 7.05. The summed E-state index contributed by atoms with van der Waals surface area (Å²) in [5.41, 5.74) is 7.46. The lowest BCUT2D eigenvalue weighted by Crippen LogP contribution is -2.33. The van der Waals surface area contributed by atoms with Crippen LogP contribution in [0.5, 0.6) is 5.75 Å². The molecule has 0 fully saturated rings. The van der Waals surface area contributed by atoms with Gasteiger partial charge >= 0.3 is 0 Å². The van der Waals surface area contributed by atoms with E-state index in [4.69, 9.17) is 14.4 Å². The number of fused-ring (bicyclic) bond motifs is 4. The highest BCUT2D eigenvalue weighted by Crippen LogP contribution is 2.48. The Bertz CT molecular complexity index is 1570. The van der Waals surface area contributed by atoms with Crippen LogP contribution in [0.25, 0.3) is 22.2 Å². The molecule has 4 aromatic carbocycles. The van der Waals surface area contributed by atoms with Gasteiger partial charge in [0, 0.05) is 23.1 Å². The van der Waals surface area contributed by atoms with Gasteiger partial charge in [-0.25, -0.2) is 5.01 Å². The van der Waals surface area contributed by atoms with E-state index in [0.29, 0.717) is 0 Å². The number of para-hydroxylation sites is 1. The minimum absolute atomic E-state index is 0.120. The highest BCUT2D eigenvalue weighted by Gasteiger charge is 2.41. The average molecular weight is 458 g/mol. The number of aromatic nitrogens is 1. The number of rotatable bonds is 3. The molecule has 1 aromatic heterocycles. The lowest BCUT2D eigenvalue weighted by molar-refractivity contribution is -0.0189. The van der Waals surface area contributed by atoms with Gasteiger partial charge < -0.3 is 9.26 Å². The lowest BCUT2D eigenvalue weighted by atomic mass is 9.95. The van der Waals surface area contributed by atoms with Gasteiger partial charge in [-0.1, -0.05) is 89.6 Å². The maximum atomic E-state index is 6.57. The first-order valence-corrected chi connectivity index (χ1v) is 11.9. The molecule has 0 spiro atoms. The number of nitrogens with zero attached hydrogens (tertiary/aromatic N) is 3. The Morgan fingerprint density at radius 2 is 1.63 bits per heavy atom. The highest BCUT2D eigenvalue weighted by atomic mass is 16.5. The Morgan fingerprint density at radius 3 is 2.49 bits per heavy atom. The van der Waals surface area contributed by atoms with Gasteiger partial charge in [-0.2, -0.15) is 5.10 Å². The Kier molecular flexibility index (Phi) is 4.49. The molecule has 0 bridgehead atoms. The van der Waals surface area contributed by atoms with E-state index in [1.165, 1.54) is 11.1 Å². The second kappa shape index (κ2) is 7.84. The summed E-state index contributed by atoms with van der Waals surface area (Å²) in [6, 6.07) is 33.3. The Morgan fingerprint density at radius 1 is 0.829 bits per heavy atom. The molecule has 5 heteroatoms. The second-order valence-corrected chi connectivity index (χ2v) is 9.17. The minimum Gasteiger partial charge on any atom is -0.464 e. The third-order valence-corrected chi connectivity index (χ3v) is 6.91. The molecule has 2 aliphatic heterocycles. The standard InChI is InChI=1S/C30H23N3O2/c1-19-11-13-21(14-12-19)29-24-17-22(15-16-25(24)32-35-29)30-33-27(23-9-5-6-10-28(23)34-30)18-26(31-33)20-7-3-2-4-8-20/h2-17,27,30H,18H2,1H3/t27-,30-/m0/s1. The van der Waals surface area contributed by atoms with Gasteiger partial charge in [-0.05, 0) is 30.7 Å². The van der Waals surface area contributed by atoms with Crippen LogP contribution < -0.4 is 4.74 Å². The molecule has 0 N–H and O–H groups in total. The van der Waals surface area contributed by atoms with E-state index in [1.54, 1.807) is 0 Å². The molecule has 2 aliphatic rings. The summed E-state index contributed by atoms with van der Waals surface area (Å²) in [5, 5.41) is 12.5. The third-order valence-electron chi connectivity index (χ3n) is 6.91. The van der Waals surface area contributed by atoms with Crippen molar-refractivity contribution in [2.75, 3.05) is 0 Å². The van der Waals surface area contributed by atoms with Crippen molar-refractivity contribution in [3.8, 4) is 17.1 Å². The number of ether oxygens (including phenoxy) is 1. The fraction of sp³-hybridized carbons (Fsp3) is 0.133. The Balaban J connectivity index is 1.34. The molecule has 3 heterocycles. The van der Waals surface area contributed by atoms with Crippen molar-refractivity contribution < 1.29 is 9.26 Å². The predicted molar refractivity (Wildman–Crippen MR) is 136 cm³/mol. The van der Waals surface area contributed by atoms with Crippen LogP contribution >= 0.6 is 0 Å². The molecule has 0 unspecified atom stereocenters. The fourth-order valence-corrected chi connectivity index (χ4v) is 5.09. The third kappa shape index (κ3) is 3.31. The van der Waals surface area contributed by atoms with Gasteiger partial charge in [0.2, 0.25) is 6.23 Å². The normalized spacial score (nSPS) is 18.7. The molecule has 2 atom stereocenters. The molecular formula is C30H23N3O2. The molecule has 0 saturated heterocycles. The van der Waals surface area contributed by atoms with Crippen LogP contribution in [0.15, 0.2) is 107 Å². The van der Waals surface area contributed by atoms with E-state index in [0.717, 1.165) is 51.2 Å². The number of aryl methyl sites for hydroxylation is 1. The van der Waals surface area contributed by atoms with Crippen molar-refractivity contribution in [1.29, 1.82) is 0 Å². The zero-order valence-corrected chi connectivity index (χ0v) is 19.3. The number of benzene rings is 4. The zero-order valence-electron chi connectivity index (χ0n) is 19.3. The van der Waals surface area contributed by atoms with Crippen LogP contribution in [0.4, 0.5) is 0 Å². The summed E-state index contributed by atoms with van der Waals surface area (Å²) in [6.45, 7) is 2.08. The monoisotopic (exact) mass is 457 g/mol. The molecule has 170 valence electrons. The molecule has 35 heavy (non-hydrogen) atoms. The van der Waals surface area contributed by atoms with Crippen molar-refractivity contribution in [3.05, 3.63) is 119 Å². The summed E-state index contributed by atoms with van der Waals surface area (Å²) in [4.78, 5) is 0. The van der Waals surface area contributed by atoms with Crippen molar-refractivity contribution >= 4 is 16.6 Å². The van der Waals surface area contributed by atoms with Gasteiger partial charge in [-0.3, -0.25) is 0 Å². The fourth-order valence-electron chi connectivity index (χ4n) is 5.09. The molecule has 5 nitrogen and oxygen atoms in total. The van der Waals surface area contributed by atoms with E-state index in [9.17, 15) is 0 Å². The minimum atomic E-state index is -0.346. The Labute approximate surface area is 203 Å². The SMILES string of the molecule is Cc1ccc(-c2onc3ccc([C@@H]4Oc5ccccc5[C@@H]5CC(c6ccccc6)=NN54)cc23)cc1.